The smallest absolute Gasteiger partial charge is 0.339 e. The van der Waals surface area contributed by atoms with Gasteiger partial charge in [-0.25, -0.2) is 9.18 Å². The fraction of sp³-hybridized carbons (Fsp3) is 0.188. The van der Waals surface area contributed by atoms with Crippen LogP contribution in [0.2, 0.25) is 0 Å². The van der Waals surface area contributed by atoms with Crippen LogP contribution in [0.4, 0.5) is 10.1 Å². The minimum Gasteiger partial charge on any atom is -0.465 e. The Labute approximate surface area is 137 Å². The molecule has 2 aromatic rings. The van der Waals surface area contributed by atoms with Crippen molar-refractivity contribution < 1.29 is 23.5 Å². The number of hydrogen-bond donors (Lipinski definition) is 3. The molecule has 0 saturated heterocycles. The average Bonchev–Trinajstić information content (AvgIpc) is 2.83. The van der Waals surface area contributed by atoms with Gasteiger partial charge in [0, 0.05) is 11.4 Å². The zero-order valence-electron chi connectivity index (χ0n) is 13.3. The number of aromatic nitrogens is 1. The van der Waals surface area contributed by atoms with Crippen LogP contribution in [-0.4, -0.2) is 29.9 Å². The highest BCUT2D eigenvalue weighted by Crippen LogP contribution is 2.21. The third-order valence-corrected chi connectivity index (χ3v) is 3.54. The van der Waals surface area contributed by atoms with E-state index in [0.717, 1.165) is 12.1 Å². The molecule has 4 N–H and O–H groups in total. The van der Waals surface area contributed by atoms with Gasteiger partial charge in [-0.1, -0.05) is 0 Å². The Morgan fingerprint density at radius 2 is 1.92 bits per heavy atom. The number of carbonyl (C=O) groups is 3. The van der Waals surface area contributed by atoms with E-state index in [2.05, 4.69) is 15.0 Å². The molecule has 0 atom stereocenters. The Balaban J connectivity index is 2.33. The summed E-state index contributed by atoms with van der Waals surface area (Å²) < 4.78 is 18.1. The molecule has 0 aliphatic rings. The number of primary amides is 1. The SMILES string of the molecule is COC(=O)c1c(C)[nH]c(C(=O)Nc2ccc(F)c(C(N)=O)c2)c1C. The van der Waals surface area contributed by atoms with Crippen molar-refractivity contribution in [1.29, 1.82) is 0 Å². The number of methoxy groups -OCH3 is 1. The Morgan fingerprint density at radius 3 is 2.50 bits per heavy atom. The van der Waals surface area contributed by atoms with E-state index in [0.29, 0.717) is 11.3 Å². The van der Waals surface area contributed by atoms with Crippen LogP contribution in [0, 0.1) is 19.7 Å². The number of carbonyl (C=O) groups excluding carboxylic acids is 3. The van der Waals surface area contributed by atoms with E-state index in [-0.39, 0.29) is 22.5 Å². The number of anilines is 1. The van der Waals surface area contributed by atoms with Crippen LogP contribution >= 0.6 is 0 Å². The fourth-order valence-corrected chi connectivity index (χ4v) is 2.37. The molecule has 1 aromatic heterocycles. The van der Waals surface area contributed by atoms with Crippen molar-refractivity contribution in [2.24, 2.45) is 5.73 Å². The third-order valence-electron chi connectivity index (χ3n) is 3.54. The average molecular weight is 333 g/mol. The molecule has 0 radical (unpaired) electrons. The van der Waals surface area contributed by atoms with Crippen LogP contribution < -0.4 is 11.1 Å². The normalized spacial score (nSPS) is 10.3. The summed E-state index contributed by atoms with van der Waals surface area (Å²) in [5, 5.41) is 2.52. The van der Waals surface area contributed by atoms with Gasteiger partial charge in [0.15, 0.2) is 0 Å². The Bertz CT molecular complexity index is 842. The predicted molar refractivity (Wildman–Crippen MR) is 84.5 cm³/mol. The summed E-state index contributed by atoms with van der Waals surface area (Å²) >= 11 is 0. The number of H-pyrrole nitrogens is 1. The van der Waals surface area contributed by atoms with Crippen molar-refractivity contribution >= 4 is 23.5 Å². The molecule has 1 heterocycles. The van der Waals surface area contributed by atoms with Gasteiger partial charge in [0.25, 0.3) is 11.8 Å². The number of nitrogens with one attached hydrogen (secondary N) is 2. The maximum Gasteiger partial charge on any atom is 0.339 e. The van der Waals surface area contributed by atoms with E-state index in [4.69, 9.17) is 5.73 Å². The number of aryl methyl sites for hydroxylation is 1. The fourth-order valence-electron chi connectivity index (χ4n) is 2.37. The number of hydrogen-bond acceptors (Lipinski definition) is 4. The van der Waals surface area contributed by atoms with Crippen molar-refractivity contribution in [3.63, 3.8) is 0 Å². The van der Waals surface area contributed by atoms with Crippen LogP contribution in [0.15, 0.2) is 18.2 Å². The molecule has 0 unspecified atom stereocenters. The lowest BCUT2D eigenvalue weighted by Crippen LogP contribution is -2.17. The molecule has 24 heavy (non-hydrogen) atoms. The number of nitrogens with two attached hydrogens (primary N) is 1. The van der Waals surface area contributed by atoms with Crippen molar-refractivity contribution in [3.05, 3.63) is 52.1 Å². The highest BCUT2D eigenvalue weighted by molar-refractivity contribution is 6.07. The van der Waals surface area contributed by atoms with Crippen LogP contribution in [0.5, 0.6) is 0 Å². The second kappa shape index (κ2) is 6.53. The molecule has 8 heteroatoms. The number of esters is 1. The quantitative estimate of drug-likeness (QED) is 0.741. The van der Waals surface area contributed by atoms with Gasteiger partial charge < -0.3 is 20.8 Å². The van der Waals surface area contributed by atoms with Gasteiger partial charge >= 0.3 is 5.97 Å². The number of benzene rings is 1. The van der Waals surface area contributed by atoms with Gasteiger partial charge in [-0.15, -0.1) is 0 Å². The van der Waals surface area contributed by atoms with Gasteiger partial charge in [-0.05, 0) is 37.6 Å². The first-order valence-corrected chi connectivity index (χ1v) is 6.94. The summed E-state index contributed by atoms with van der Waals surface area (Å²) in [6.07, 6.45) is 0. The number of halogens is 1. The Kier molecular flexibility index (Phi) is 4.68. The molecule has 0 aliphatic carbocycles. The van der Waals surface area contributed by atoms with Gasteiger partial charge in [0.1, 0.15) is 11.5 Å². The van der Waals surface area contributed by atoms with Crippen LogP contribution in [0.1, 0.15) is 42.5 Å². The monoisotopic (exact) mass is 333 g/mol. The molecule has 1 aromatic carbocycles. The Hall–Kier alpha value is -3.16. The summed E-state index contributed by atoms with van der Waals surface area (Å²) in [4.78, 5) is 38.1. The lowest BCUT2D eigenvalue weighted by atomic mass is 10.1. The van der Waals surface area contributed by atoms with E-state index < -0.39 is 23.6 Å². The molecule has 7 nitrogen and oxygen atoms in total. The van der Waals surface area contributed by atoms with E-state index in [1.807, 2.05) is 0 Å². The standard InChI is InChI=1S/C16H16FN3O4/c1-7-12(16(23)24-3)8(2)19-13(7)15(22)20-9-4-5-11(17)10(6-9)14(18)21/h4-6,19H,1-3H3,(H2,18,21)(H,20,22). The van der Waals surface area contributed by atoms with Gasteiger partial charge in [0.05, 0.1) is 18.2 Å². The molecular formula is C16H16FN3O4. The van der Waals surface area contributed by atoms with E-state index in [9.17, 15) is 18.8 Å². The summed E-state index contributed by atoms with van der Waals surface area (Å²) in [5.74, 6) is -2.82. The highest BCUT2D eigenvalue weighted by Gasteiger charge is 2.22. The minimum absolute atomic E-state index is 0.165. The lowest BCUT2D eigenvalue weighted by Gasteiger charge is -2.07. The maximum atomic E-state index is 13.5. The zero-order chi connectivity index (χ0) is 18.0. The Morgan fingerprint density at radius 1 is 1.25 bits per heavy atom. The van der Waals surface area contributed by atoms with Crippen LogP contribution in [0.25, 0.3) is 0 Å². The van der Waals surface area contributed by atoms with E-state index in [1.165, 1.54) is 13.2 Å². The van der Waals surface area contributed by atoms with Gasteiger partial charge in [-0.2, -0.15) is 0 Å². The molecule has 0 saturated carbocycles. The topological polar surface area (TPSA) is 114 Å². The van der Waals surface area contributed by atoms with Crippen molar-refractivity contribution in [3.8, 4) is 0 Å². The molecule has 2 amide bonds. The highest BCUT2D eigenvalue weighted by atomic mass is 19.1. The minimum atomic E-state index is -0.941. The number of amides is 2. The van der Waals surface area contributed by atoms with E-state index in [1.54, 1.807) is 13.8 Å². The first-order valence-electron chi connectivity index (χ1n) is 6.94. The van der Waals surface area contributed by atoms with E-state index >= 15 is 0 Å². The maximum absolute atomic E-state index is 13.5. The van der Waals surface area contributed by atoms with Crippen LogP contribution in [0.3, 0.4) is 0 Å². The van der Waals surface area contributed by atoms with Crippen molar-refractivity contribution in [2.45, 2.75) is 13.8 Å². The molecule has 0 aliphatic heterocycles. The van der Waals surface area contributed by atoms with Gasteiger partial charge in [0.2, 0.25) is 0 Å². The molecule has 126 valence electrons. The summed E-state index contributed by atoms with van der Waals surface area (Å²) in [7, 11) is 1.25. The molecule has 0 bridgehead atoms. The summed E-state index contributed by atoms with van der Waals surface area (Å²) in [6.45, 7) is 3.24. The first kappa shape index (κ1) is 17.2. The zero-order valence-corrected chi connectivity index (χ0v) is 13.3. The number of aromatic amines is 1. The summed E-state index contributed by atoms with van der Waals surface area (Å²) in [6, 6.07) is 3.47. The van der Waals surface area contributed by atoms with Crippen molar-refractivity contribution in [1.82, 2.24) is 4.98 Å². The second-order valence-electron chi connectivity index (χ2n) is 5.13. The third kappa shape index (κ3) is 3.12. The van der Waals surface area contributed by atoms with Crippen LogP contribution in [-0.2, 0) is 4.74 Å². The molecular weight excluding hydrogens is 317 g/mol. The number of ether oxygens (including phenoxy) is 1. The lowest BCUT2D eigenvalue weighted by molar-refractivity contribution is 0.0599. The molecule has 2 rings (SSSR count). The van der Waals surface area contributed by atoms with Crippen molar-refractivity contribution in [2.75, 3.05) is 12.4 Å². The number of rotatable bonds is 4. The molecule has 0 spiro atoms. The molecule has 0 fully saturated rings. The second-order valence-corrected chi connectivity index (χ2v) is 5.13. The largest absolute Gasteiger partial charge is 0.465 e. The predicted octanol–water partition coefficient (Wildman–Crippen LogP) is 1.91. The van der Waals surface area contributed by atoms with Gasteiger partial charge in [-0.3, -0.25) is 9.59 Å². The summed E-state index contributed by atoms with van der Waals surface area (Å²) in [5.41, 5.74) is 6.29. The first-order chi connectivity index (χ1) is 11.3.